The van der Waals surface area contributed by atoms with Crippen molar-refractivity contribution in [2.75, 3.05) is 30.2 Å². The Labute approximate surface area is 196 Å². The number of furan rings is 1. The highest BCUT2D eigenvalue weighted by molar-refractivity contribution is 7.80. The number of alkyl halides is 3. The normalized spacial score (nSPS) is 11.0. The van der Waals surface area contributed by atoms with Gasteiger partial charge in [-0.3, -0.25) is 4.79 Å². The molecule has 12 heteroatoms. The zero-order valence-electron chi connectivity index (χ0n) is 17.2. The van der Waals surface area contributed by atoms with Crippen LogP contribution < -0.4 is 25.4 Å². The molecule has 0 unspecified atom stereocenters. The van der Waals surface area contributed by atoms with Crippen molar-refractivity contribution < 1.29 is 31.9 Å². The minimum Gasteiger partial charge on any atom is -0.495 e. The van der Waals surface area contributed by atoms with Gasteiger partial charge in [0.15, 0.2) is 10.9 Å². The van der Waals surface area contributed by atoms with E-state index in [-0.39, 0.29) is 21.6 Å². The molecule has 174 valence electrons. The number of hydrogen-bond acceptors (Lipinski definition) is 5. The predicted octanol–water partition coefficient (Wildman–Crippen LogP) is 6.03. The maximum atomic E-state index is 13.6. The van der Waals surface area contributed by atoms with Gasteiger partial charge in [0.1, 0.15) is 11.5 Å². The quantitative estimate of drug-likeness (QED) is 0.357. The van der Waals surface area contributed by atoms with Crippen LogP contribution >= 0.6 is 23.8 Å². The Morgan fingerprint density at radius 3 is 2.33 bits per heavy atom. The summed E-state index contributed by atoms with van der Waals surface area (Å²) in [6, 6.07) is 9.09. The molecule has 0 spiro atoms. The Kier molecular flexibility index (Phi) is 7.34. The summed E-state index contributed by atoms with van der Waals surface area (Å²) >= 11 is 11.3. The zero-order chi connectivity index (χ0) is 24.2. The second kappa shape index (κ2) is 10.0. The maximum Gasteiger partial charge on any atom is 0.418 e. The van der Waals surface area contributed by atoms with Crippen molar-refractivity contribution in [1.82, 2.24) is 0 Å². The SMILES string of the molecule is COc1cc(OC)c(NC(=S)Nc2ccc(NC(=O)c3ccco3)c(C(F)(F)F)c2)cc1Cl. The van der Waals surface area contributed by atoms with Gasteiger partial charge in [0.2, 0.25) is 0 Å². The summed E-state index contributed by atoms with van der Waals surface area (Å²) in [5, 5.41) is 7.95. The van der Waals surface area contributed by atoms with Gasteiger partial charge < -0.3 is 29.8 Å². The summed E-state index contributed by atoms with van der Waals surface area (Å²) in [7, 11) is 2.87. The first-order chi connectivity index (χ1) is 15.6. The van der Waals surface area contributed by atoms with Crippen LogP contribution in [0.1, 0.15) is 16.1 Å². The van der Waals surface area contributed by atoms with Gasteiger partial charge in [-0.15, -0.1) is 0 Å². The number of carbonyl (C=O) groups is 1. The van der Waals surface area contributed by atoms with E-state index in [1.807, 2.05) is 0 Å². The number of halogens is 4. The lowest BCUT2D eigenvalue weighted by Gasteiger charge is -2.17. The van der Waals surface area contributed by atoms with Crippen LogP contribution in [-0.4, -0.2) is 25.2 Å². The molecule has 1 aromatic heterocycles. The summed E-state index contributed by atoms with van der Waals surface area (Å²) in [4.78, 5) is 12.1. The first kappa shape index (κ1) is 24.2. The summed E-state index contributed by atoms with van der Waals surface area (Å²) in [6.45, 7) is 0. The van der Waals surface area contributed by atoms with Crippen LogP contribution in [0.3, 0.4) is 0 Å². The van der Waals surface area contributed by atoms with E-state index in [0.717, 1.165) is 12.1 Å². The van der Waals surface area contributed by atoms with Gasteiger partial charge in [0, 0.05) is 11.8 Å². The lowest BCUT2D eigenvalue weighted by atomic mass is 10.1. The third kappa shape index (κ3) is 5.88. The van der Waals surface area contributed by atoms with Gasteiger partial charge in [-0.2, -0.15) is 13.2 Å². The summed E-state index contributed by atoms with van der Waals surface area (Å²) in [6.07, 6.45) is -3.50. The first-order valence-electron chi connectivity index (χ1n) is 9.18. The third-order valence-electron chi connectivity index (χ3n) is 4.30. The molecule has 0 fully saturated rings. The van der Waals surface area contributed by atoms with Crippen LogP contribution in [0.5, 0.6) is 11.5 Å². The fourth-order valence-corrected chi connectivity index (χ4v) is 3.27. The first-order valence-corrected chi connectivity index (χ1v) is 9.96. The van der Waals surface area contributed by atoms with Crippen LogP contribution in [0.15, 0.2) is 53.1 Å². The number of nitrogens with one attached hydrogen (secondary N) is 3. The van der Waals surface area contributed by atoms with E-state index in [9.17, 15) is 18.0 Å². The second-order valence-electron chi connectivity index (χ2n) is 6.46. The molecule has 0 saturated heterocycles. The molecule has 1 heterocycles. The van der Waals surface area contributed by atoms with E-state index in [2.05, 4.69) is 16.0 Å². The fourth-order valence-electron chi connectivity index (χ4n) is 2.80. The minimum atomic E-state index is -4.74. The van der Waals surface area contributed by atoms with Crippen molar-refractivity contribution in [1.29, 1.82) is 0 Å². The highest BCUT2D eigenvalue weighted by Crippen LogP contribution is 2.38. The van der Waals surface area contributed by atoms with Crippen molar-refractivity contribution in [3.05, 3.63) is 65.1 Å². The van der Waals surface area contributed by atoms with Crippen molar-refractivity contribution in [2.24, 2.45) is 0 Å². The smallest absolute Gasteiger partial charge is 0.418 e. The van der Waals surface area contributed by atoms with Gasteiger partial charge in [0.05, 0.1) is 42.4 Å². The highest BCUT2D eigenvalue weighted by atomic mass is 35.5. The van der Waals surface area contributed by atoms with E-state index >= 15 is 0 Å². The van der Waals surface area contributed by atoms with Gasteiger partial charge in [-0.05, 0) is 48.6 Å². The maximum absolute atomic E-state index is 13.6. The molecule has 0 saturated carbocycles. The van der Waals surface area contributed by atoms with E-state index in [1.54, 1.807) is 0 Å². The third-order valence-corrected chi connectivity index (χ3v) is 4.80. The fraction of sp³-hybridized carbons (Fsp3) is 0.143. The Morgan fingerprint density at radius 2 is 1.73 bits per heavy atom. The van der Waals surface area contributed by atoms with Gasteiger partial charge in [0.25, 0.3) is 5.91 Å². The number of methoxy groups -OCH3 is 2. The van der Waals surface area contributed by atoms with Crippen LogP contribution in [-0.2, 0) is 6.18 Å². The molecule has 0 aliphatic heterocycles. The van der Waals surface area contributed by atoms with Crippen molar-refractivity contribution in [2.45, 2.75) is 6.18 Å². The number of benzene rings is 2. The van der Waals surface area contributed by atoms with Crippen LogP contribution in [0.4, 0.5) is 30.2 Å². The second-order valence-corrected chi connectivity index (χ2v) is 7.27. The molecule has 0 aliphatic rings. The number of carbonyl (C=O) groups excluding carboxylic acids is 1. The molecule has 2 aromatic carbocycles. The van der Waals surface area contributed by atoms with E-state index in [4.69, 9.17) is 37.7 Å². The molecule has 7 nitrogen and oxygen atoms in total. The Morgan fingerprint density at radius 1 is 1.00 bits per heavy atom. The molecule has 3 N–H and O–H groups in total. The molecule has 1 amide bonds. The summed E-state index contributed by atoms with van der Waals surface area (Å²) in [5.74, 6) is -0.206. The van der Waals surface area contributed by atoms with E-state index < -0.39 is 23.3 Å². The van der Waals surface area contributed by atoms with E-state index in [1.165, 1.54) is 50.8 Å². The number of thiocarbonyl (C=S) groups is 1. The number of amides is 1. The van der Waals surface area contributed by atoms with Gasteiger partial charge in [-0.25, -0.2) is 0 Å². The predicted molar refractivity (Wildman–Crippen MR) is 123 cm³/mol. The summed E-state index contributed by atoms with van der Waals surface area (Å²) in [5.41, 5.74) is -1.09. The largest absolute Gasteiger partial charge is 0.495 e. The molecule has 33 heavy (non-hydrogen) atoms. The molecular weight excluding hydrogens is 483 g/mol. The Bertz CT molecular complexity index is 1170. The van der Waals surface area contributed by atoms with Crippen molar-refractivity contribution >= 4 is 51.9 Å². The van der Waals surface area contributed by atoms with E-state index in [0.29, 0.717) is 17.2 Å². The lowest BCUT2D eigenvalue weighted by Crippen LogP contribution is -2.21. The molecule has 3 aromatic rings. The Balaban J connectivity index is 1.80. The van der Waals surface area contributed by atoms with Gasteiger partial charge in [-0.1, -0.05) is 11.6 Å². The molecule has 0 aliphatic carbocycles. The Hall–Kier alpha value is -3.44. The number of anilines is 3. The van der Waals surface area contributed by atoms with Crippen molar-refractivity contribution in [3.8, 4) is 11.5 Å². The number of rotatable bonds is 6. The highest BCUT2D eigenvalue weighted by Gasteiger charge is 2.34. The molecule has 0 atom stereocenters. The minimum absolute atomic E-state index is 0.0185. The number of ether oxygens (including phenoxy) is 2. The average Bonchev–Trinajstić information content (AvgIpc) is 3.29. The van der Waals surface area contributed by atoms with Crippen LogP contribution in [0.25, 0.3) is 0 Å². The standard InChI is InChI=1S/C21H17ClF3N3O4S/c1-30-17-10-18(31-2)15(9-13(17)22)28-20(33)26-11-5-6-14(12(8-11)21(23,24)25)27-19(29)16-4-3-7-32-16/h3-10H,1-2H3,(H,27,29)(H2,26,28,33). The zero-order valence-corrected chi connectivity index (χ0v) is 18.7. The van der Waals surface area contributed by atoms with Crippen LogP contribution in [0.2, 0.25) is 5.02 Å². The molecule has 0 radical (unpaired) electrons. The average molecular weight is 500 g/mol. The van der Waals surface area contributed by atoms with Gasteiger partial charge >= 0.3 is 6.18 Å². The molecule has 0 bridgehead atoms. The monoisotopic (exact) mass is 499 g/mol. The molecule has 3 rings (SSSR count). The molecular formula is C21H17ClF3N3O4S. The lowest BCUT2D eigenvalue weighted by molar-refractivity contribution is -0.136. The summed E-state index contributed by atoms with van der Waals surface area (Å²) < 4.78 is 56.2. The topological polar surface area (TPSA) is 84.8 Å². The van der Waals surface area contributed by atoms with Crippen molar-refractivity contribution in [3.63, 3.8) is 0 Å². The number of hydrogen-bond donors (Lipinski definition) is 3. The van der Waals surface area contributed by atoms with Crippen LogP contribution in [0, 0.1) is 0 Å².